The number of hydrogen-bond acceptors (Lipinski definition) is 6. The SMILES string of the molecule is CC/C=C\C/C=C\C/C=C\C/C=C\C/C=C\C/C=C\C/C=C\C/C=C\C/C=C\CCCC(=O)OCC(COC(=O)CCCCCCCCCCCCCCCCCC)OC(=O)CCCCCCCCC/C=C\C/C=C\CCCCC. The Hall–Kier alpha value is -4.45. The lowest BCUT2D eigenvalue weighted by atomic mass is 10.0. The Bertz CT molecular complexity index is 1700. The van der Waals surface area contributed by atoms with Crippen molar-refractivity contribution in [1.82, 2.24) is 0 Å². The zero-order valence-corrected chi connectivity index (χ0v) is 52.0. The van der Waals surface area contributed by atoms with E-state index in [0.717, 1.165) is 116 Å². The molecule has 0 saturated heterocycles. The maximum atomic E-state index is 12.9. The van der Waals surface area contributed by atoms with Crippen molar-refractivity contribution in [2.45, 2.75) is 303 Å². The first-order valence-electron chi connectivity index (χ1n) is 33.2. The highest BCUT2D eigenvalue weighted by molar-refractivity contribution is 5.71. The molecule has 0 bridgehead atoms. The van der Waals surface area contributed by atoms with Crippen molar-refractivity contribution >= 4 is 17.9 Å². The van der Waals surface area contributed by atoms with E-state index in [0.29, 0.717) is 19.3 Å². The van der Waals surface area contributed by atoms with Crippen LogP contribution in [-0.4, -0.2) is 37.2 Å². The molecule has 454 valence electrons. The van der Waals surface area contributed by atoms with Crippen LogP contribution in [0.1, 0.15) is 297 Å². The van der Waals surface area contributed by atoms with Gasteiger partial charge in [-0.15, -0.1) is 0 Å². The van der Waals surface area contributed by atoms with Crippen LogP contribution in [0.15, 0.2) is 134 Å². The van der Waals surface area contributed by atoms with Crippen molar-refractivity contribution in [1.29, 1.82) is 0 Å². The third-order valence-corrected chi connectivity index (χ3v) is 13.9. The molecule has 0 aliphatic carbocycles. The van der Waals surface area contributed by atoms with E-state index in [2.05, 4.69) is 154 Å². The number of unbranched alkanes of at least 4 members (excludes halogenated alkanes) is 26. The van der Waals surface area contributed by atoms with Gasteiger partial charge in [-0.25, -0.2) is 0 Å². The number of rotatable bonds is 59. The molecule has 0 aliphatic heterocycles. The summed E-state index contributed by atoms with van der Waals surface area (Å²) >= 11 is 0. The highest BCUT2D eigenvalue weighted by atomic mass is 16.6. The van der Waals surface area contributed by atoms with E-state index in [-0.39, 0.29) is 37.5 Å². The fourth-order valence-corrected chi connectivity index (χ4v) is 8.95. The number of carbonyl (C=O) groups is 3. The first-order chi connectivity index (χ1) is 39.5. The monoisotopic (exact) mass is 1110 g/mol. The van der Waals surface area contributed by atoms with Crippen LogP contribution in [0, 0.1) is 0 Å². The van der Waals surface area contributed by atoms with Crippen LogP contribution >= 0.6 is 0 Å². The van der Waals surface area contributed by atoms with E-state index in [1.807, 2.05) is 0 Å². The van der Waals surface area contributed by atoms with Crippen LogP contribution in [0.2, 0.25) is 0 Å². The Morgan fingerprint density at radius 1 is 0.263 bits per heavy atom. The van der Waals surface area contributed by atoms with Crippen LogP contribution in [0.5, 0.6) is 0 Å². The summed E-state index contributed by atoms with van der Waals surface area (Å²) in [4.78, 5) is 38.3. The summed E-state index contributed by atoms with van der Waals surface area (Å²) < 4.78 is 16.9. The Kier molecular flexibility index (Phi) is 63.3. The van der Waals surface area contributed by atoms with Crippen molar-refractivity contribution in [3.63, 3.8) is 0 Å². The number of hydrogen-bond donors (Lipinski definition) is 0. The summed E-state index contributed by atoms with van der Waals surface area (Å²) in [6, 6.07) is 0. The summed E-state index contributed by atoms with van der Waals surface area (Å²) in [5.74, 6) is -0.964. The Morgan fingerprint density at radius 3 is 0.838 bits per heavy atom. The molecule has 1 unspecified atom stereocenters. The van der Waals surface area contributed by atoms with Crippen LogP contribution in [-0.2, 0) is 28.6 Å². The summed E-state index contributed by atoms with van der Waals surface area (Å²) in [6.07, 6.45) is 94.6. The Labute approximate surface area is 494 Å². The van der Waals surface area contributed by atoms with Crippen molar-refractivity contribution in [3.05, 3.63) is 134 Å². The average molecular weight is 1110 g/mol. The van der Waals surface area contributed by atoms with Gasteiger partial charge in [0.25, 0.3) is 0 Å². The third kappa shape index (κ3) is 64.4. The minimum Gasteiger partial charge on any atom is -0.462 e. The molecule has 6 nitrogen and oxygen atoms in total. The summed E-state index contributed by atoms with van der Waals surface area (Å²) in [7, 11) is 0. The van der Waals surface area contributed by atoms with Crippen LogP contribution in [0.3, 0.4) is 0 Å². The average Bonchev–Trinajstić information content (AvgIpc) is 3.46. The Balaban J connectivity index is 4.46. The minimum atomic E-state index is -0.810. The number of esters is 3. The molecular formula is C74H122O6. The van der Waals surface area contributed by atoms with E-state index in [1.54, 1.807) is 0 Å². The highest BCUT2D eigenvalue weighted by Crippen LogP contribution is 2.16. The molecule has 0 spiro atoms. The summed E-state index contributed by atoms with van der Waals surface area (Å²) in [5.41, 5.74) is 0. The molecule has 0 aliphatic rings. The quantitative estimate of drug-likeness (QED) is 0.0261. The standard InChI is InChI=1S/C74H122O6/c1-4-7-10-13-16-19-22-25-28-31-32-33-34-35-36-37-38-39-40-41-42-44-46-49-52-55-58-61-64-67-73(76)79-70-71(69-78-72(75)66-63-60-57-54-51-48-45-30-27-24-21-18-15-12-9-6-3)80-74(77)68-65-62-59-56-53-50-47-43-29-26-23-20-17-14-11-8-5-2/h7,10,16-17,19-20,25-26,28-29,32-33,35-36,38-39,41-42,46,49,55,58,71H,4-6,8-9,11-15,18,21-24,27,30-31,34,37,40,43-45,47-48,50-54,56-57,59-70H2,1-3H3/b10-7-,19-16-,20-17-,28-25-,29-26-,33-32-,36-35-,39-38-,42-41-,49-46-,58-55-. The normalized spacial score (nSPS) is 13.0. The molecule has 80 heavy (non-hydrogen) atoms. The first-order valence-corrected chi connectivity index (χ1v) is 33.2. The predicted molar refractivity (Wildman–Crippen MR) is 348 cm³/mol. The van der Waals surface area contributed by atoms with Gasteiger partial charge in [-0.1, -0.05) is 296 Å². The van der Waals surface area contributed by atoms with Gasteiger partial charge in [0.15, 0.2) is 6.10 Å². The van der Waals surface area contributed by atoms with E-state index in [9.17, 15) is 14.4 Å². The Morgan fingerprint density at radius 2 is 0.500 bits per heavy atom. The molecule has 6 heteroatoms. The second-order valence-electron chi connectivity index (χ2n) is 21.6. The molecular weight excluding hydrogens is 985 g/mol. The maximum absolute atomic E-state index is 12.9. The smallest absolute Gasteiger partial charge is 0.306 e. The maximum Gasteiger partial charge on any atom is 0.306 e. The number of carbonyl (C=O) groups excluding carboxylic acids is 3. The van der Waals surface area contributed by atoms with Gasteiger partial charge in [0.05, 0.1) is 0 Å². The zero-order chi connectivity index (χ0) is 57.8. The van der Waals surface area contributed by atoms with E-state index >= 15 is 0 Å². The third-order valence-electron chi connectivity index (χ3n) is 13.9. The number of ether oxygens (including phenoxy) is 3. The van der Waals surface area contributed by atoms with E-state index < -0.39 is 6.10 Å². The van der Waals surface area contributed by atoms with Crippen LogP contribution in [0.25, 0.3) is 0 Å². The van der Waals surface area contributed by atoms with Crippen molar-refractivity contribution < 1.29 is 28.6 Å². The largest absolute Gasteiger partial charge is 0.462 e. The predicted octanol–water partition coefficient (Wildman–Crippen LogP) is 22.9. The minimum absolute atomic E-state index is 0.100. The van der Waals surface area contributed by atoms with Crippen molar-refractivity contribution in [2.75, 3.05) is 13.2 Å². The molecule has 0 amide bonds. The topological polar surface area (TPSA) is 78.9 Å². The number of allylic oxidation sites excluding steroid dienone is 22. The molecule has 0 N–H and O–H groups in total. The van der Waals surface area contributed by atoms with Crippen LogP contribution in [0.4, 0.5) is 0 Å². The second kappa shape index (κ2) is 67.1. The zero-order valence-electron chi connectivity index (χ0n) is 52.0. The summed E-state index contributed by atoms with van der Waals surface area (Å²) in [5, 5.41) is 0. The molecule has 0 aromatic rings. The molecule has 0 aromatic heterocycles. The van der Waals surface area contributed by atoms with Crippen molar-refractivity contribution in [2.24, 2.45) is 0 Å². The molecule has 0 fully saturated rings. The fourth-order valence-electron chi connectivity index (χ4n) is 8.95. The van der Waals surface area contributed by atoms with Gasteiger partial charge in [-0.3, -0.25) is 14.4 Å². The van der Waals surface area contributed by atoms with Gasteiger partial charge in [0.1, 0.15) is 13.2 Å². The lowest BCUT2D eigenvalue weighted by Gasteiger charge is -2.18. The first kappa shape index (κ1) is 75.5. The van der Waals surface area contributed by atoms with Crippen molar-refractivity contribution in [3.8, 4) is 0 Å². The second-order valence-corrected chi connectivity index (χ2v) is 21.6. The van der Waals surface area contributed by atoms with E-state index in [4.69, 9.17) is 14.2 Å². The fraction of sp³-hybridized carbons (Fsp3) is 0.662. The molecule has 0 saturated carbocycles. The van der Waals surface area contributed by atoms with Crippen LogP contribution < -0.4 is 0 Å². The van der Waals surface area contributed by atoms with Gasteiger partial charge in [-0.05, 0) is 116 Å². The highest BCUT2D eigenvalue weighted by Gasteiger charge is 2.19. The van der Waals surface area contributed by atoms with E-state index in [1.165, 1.54) is 135 Å². The molecule has 0 rings (SSSR count). The molecule has 1 atom stereocenters. The summed E-state index contributed by atoms with van der Waals surface area (Å²) in [6.45, 7) is 6.47. The molecule has 0 radical (unpaired) electrons. The van der Waals surface area contributed by atoms with Gasteiger partial charge in [-0.2, -0.15) is 0 Å². The van der Waals surface area contributed by atoms with Gasteiger partial charge in [0.2, 0.25) is 0 Å². The molecule has 0 heterocycles. The lowest BCUT2D eigenvalue weighted by molar-refractivity contribution is -0.167. The van der Waals surface area contributed by atoms with Gasteiger partial charge in [0, 0.05) is 19.3 Å². The lowest BCUT2D eigenvalue weighted by Crippen LogP contribution is -2.30. The molecule has 0 aromatic carbocycles. The van der Waals surface area contributed by atoms with Gasteiger partial charge < -0.3 is 14.2 Å². The van der Waals surface area contributed by atoms with Gasteiger partial charge >= 0.3 is 17.9 Å².